The molecule has 0 saturated heterocycles. The van der Waals surface area contributed by atoms with Gasteiger partial charge >= 0.3 is 0 Å². The summed E-state index contributed by atoms with van der Waals surface area (Å²) in [5, 5.41) is 10.3. The molecular weight excluding hydrogens is 290 g/mol. The van der Waals surface area contributed by atoms with Gasteiger partial charge in [-0.2, -0.15) is 0 Å². The Balaban J connectivity index is 2.19. The summed E-state index contributed by atoms with van der Waals surface area (Å²) < 4.78 is 1.02. The van der Waals surface area contributed by atoms with E-state index in [0.29, 0.717) is 6.42 Å². The van der Waals surface area contributed by atoms with Gasteiger partial charge in [0, 0.05) is 22.8 Å². The third-order valence-corrected chi connectivity index (χ3v) is 3.90. The number of nitrogens with zero attached hydrogens (tertiary/aromatic N) is 1. The Kier molecular flexibility index (Phi) is 4.15. The van der Waals surface area contributed by atoms with Crippen molar-refractivity contribution in [3.05, 3.63) is 63.4 Å². The summed E-state index contributed by atoms with van der Waals surface area (Å²) >= 11 is 3.48. The fourth-order valence-corrected chi connectivity index (χ4v) is 2.29. The third kappa shape index (κ3) is 2.98. The van der Waals surface area contributed by atoms with E-state index in [9.17, 15) is 5.11 Å². The minimum Gasteiger partial charge on any atom is -0.388 e. The van der Waals surface area contributed by atoms with Crippen molar-refractivity contribution in [3.8, 4) is 0 Å². The minimum absolute atomic E-state index is 0.516. The number of hydrogen-bond acceptors (Lipinski definition) is 2. The molecule has 0 aliphatic rings. The molecule has 0 aliphatic carbocycles. The average molecular weight is 306 g/mol. The van der Waals surface area contributed by atoms with Gasteiger partial charge in [0.05, 0.1) is 6.10 Å². The zero-order chi connectivity index (χ0) is 13.1. The van der Waals surface area contributed by atoms with Crippen LogP contribution in [0, 0.1) is 13.8 Å². The van der Waals surface area contributed by atoms with Gasteiger partial charge in [-0.15, -0.1) is 0 Å². The summed E-state index contributed by atoms with van der Waals surface area (Å²) in [5.74, 6) is 0. The molecule has 1 atom stereocenters. The summed E-state index contributed by atoms with van der Waals surface area (Å²) in [5.41, 5.74) is 4.07. The molecule has 2 nitrogen and oxygen atoms in total. The molecule has 3 heteroatoms. The predicted molar refractivity (Wildman–Crippen MR) is 76.5 cm³/mol. The predicted octanol–water partition coefficient (Wildman–Crippen LogP) is 3.74. The van der Waals surface area contributed by atoms with Crippen LogP contribution in [0.3, 0.4) is 0 Å². The second kappa shape index (κ2) is 5.63. The molecule has 1 N–H and O–H groups in total. The highest BCUT2D eigenvalue weighted by molar-refractivity contribution is 9.10. The number of rotatable bonds is 3. The van der Waals surface area contributed by atoms with E-state index in [2.05, 4.69) is 20.9 Å². The molecule has 0 spiro atoms. The molecule has 0 bridgehead atoms. The largest absolute Gasteiger partial charge is 0.388 e. The molecule has 0 amide bonds. The Hall–Kier alpha value is -1.19. The van der Waals surface area contributed by atoms with Crippen LogP contribution in [-0.4, -0.2) is 10.1 Å². The Bertz CT molecular complexity index is 537. The van der Waals surface area contributed by atoms with E-state index >= 15 is 0 Å². The maximum Gasteiger partial charge on any atom is 0.0848 e. The second-order valence-corrected chi connectivity index (χ2v) is 5.36. The number of aliphatic hydroxyl groups excluding tert-OH is 1. The summed E-state index contributed by atoms with van der Waals surface area (Å²) in [6.45, 7) is 4.01. The second-order valence-electron chi connectivity index (χ2n) is 4.50. The quantitative estimate of drug-likeness (QED) is 0.937. The zero-order valence-corrected chi connectivity index (χ0v) is 12.1. The minimum atomic E-state index is -0.516. The molecule has 0 saturated carbocycles. The van der Waals surface area contributed by atoms with Crippen LogP contribution < -0.4 is 0 Å². The highest BCUT2D eigenvalue weighted by Gasteiger charge is 2.13. The van der Waals surface area contributed by atoms with Gasteiger partial charge < -0.3 is 5.11 Å². The highest BCUT2D eigenvalue weighted by Crippen LogP contribution is 2.26. The van der Waals surface area contributed by atoms with Crippen LogP contribution in [0.5, 0.6) is 0 Å². The van der Waals surface area contributed by atoms with Gasteiger partial charge in [0.15, 0.2) is 0 Å². The van der Waals surface area contributed by atoms with E-state index in [4.69, 9.17) is 0 Å². The lowest BCUT2D eigenvalue weighted by Crippen LogP contribution is -2.05. The fourth-order valence-electron chi connectivity index (χ4n) is 1.91. The van der Waals surface area contributed by atoms with E-state index < -0.39 is 6.10 Å². The first kappa shape index (κ1) is 13.2. The molecule has 94 valence electrons. The van der Waals surface area contributed by atoms with Crippen LogP contribution in [0.4, 0.5) is 0 Å². The average Bonchev–Trinajstić information content (AvgIpc) is 2.35. The Labute approximate surface area is 116 Å². The zero-order valence-electron chi connectivity index (χ0n) is 10.5. The van der Waals surface area contributed by atoms with E-state index in [0.717, 1.165) is 26.9 Å². The standard InChI is InChI=1S/C15H16BrNO/c1-10-6-7-12(17-9-10)8-15(18)13-4-3-5-14(16)11(13)2/h3-7,9,15,18H,8H2,1-2H3. The van der Waals surface area contributed by atoms with Crippen LogP contribution in [0.25, 0.3) is 0 Å². The highest BCUT2D eigenvalue weighted by atomic mass is 79.9. The van der Waals surface area contributed by atoms with Gasteiger partial charge in [-0.25, -0.2) is 0 Å². The summed E-state index contributed by atoms with van der Waals surface area (Å²) in [6.07, 6.45) is 1.85. The first-order valence-electron chi connectivity index (χ1n) is 5.92. The van der Waals surface area contributed by atoms with E-state index in [1.54, 1.807) is 0 Å². The van der Waals surface area contributed by atoms with Gasteiger partial charge in [0.1, 0.15) is 0 Å². The lowest BCUT2D eigenvalue weighted by molar-refractivity contribution is 0.176. The summed E-state index contributed by atoms with van der Waals surface area (Å²) in [4.78, 5) is 4.32. The van der Waals surface area contributed by atoms with Crippen molar-refractivity contribution in [2.45, 2.75) is 26.4 Å². The van der Waals surface area contributed by atoms with Crippen molar-refractivity contribution in [1.29, 1.82) is 0 Å². The molecule has 0 aliphatic heterocycles. The number of halogens is 1. The lowest BCUT2D eigenvalue weighted by atomic mass is 10.00. The molecule has 2 aromatic rings. The molecule has 1 unspecified atom stereocenters. The van der Waals surface area contributed by atoms with E-state index in [-0.39, 0.29) is 0 Å². The van der Waals surface area contributed by atoms with Crippen molar-refractivity contribution in [2.24, 2.45) is 0 Å². The third-order valence-electron chi connectivity index (χ3n) is 3.04. The normalized spacial score (nSPS) is 12.4. The van der Waals surface area contributed by atoms with Crippen molar-refractivity contribution in [2.75, 3.05) is 0 Å². The number of aliphatic hydroxyl groups is 1. The summed E-state index contributed by atoms with van der Waals surface area (Å²) in [7, 11) is 0. The first-order chi connectivity index (χ1) is 8.58. The Morgan fingerprint density at radius 3 is 2.67 bits per heavy atom. The Morgan fingerprint density at radius 2 is 2.00 bits per heavy atom. The topological polar surface area (TPSA) is 33.1 Å². The maximum atomic E-state index is 10.3. The Morgan fingerprint density at radius 1 is 1.22 bits per heavy atom. The van der Waals surface area contributed by atoms with Gasteiger partial charge in [0.25, 0.3) is 0 Å². The van der Waals surface area contributed by atoms with Crippen molar-refractivity contribution < 1.29 is 5.11 Å². The van der Waals surface area contributed by atoms with Crippen molar-refractivity contribution in [1.82, 2.24) is 4.98 Å². The lowest BCUT2D eigenvalue weighted by Gasteiger charge is -2.14. The maximum absolute atomic E-state index is 10.3. The number of aromatic nitrogens is 1. The van der Waals surface area contributed by atoms with Crippen LogP contribution >= 0.6 is 15.9 Å². The fraction of sp³-hybridized carbons (Fsp3) is 0.267. The first-order valence-corrected chi connectivity index (χ1v) is 6.72. The summed E-state index contributed by atoms with van der Waals surface area (Å²) in [6, 6.07) is 9.86. The molecule has 0 fully saturated rings. The molecule has 1 aromatic heterocycles. The number of pyridine rings is 1. The van der Waals surface area contributed by atoms with Crippen LogP contribution in [0.15, 0.2) is 41.0 Å². The monoisotopic (exact) mass is 305 g/mol. The van der Waals surface area contributed by atoms with Gasteiger partial charge in [0.2, 0.25) is 0 Å². The molecule has 0 radical (unpaired) electrons. The van der Waals surface area contributed by atoms with Gasteiger partial charge in [-0.05, 0) is 42.7 Å². The van der Waals surface area contributed by atoms with E-state index in [1.165, 1.54) is 0 Å². The van der Waals surface area contributed by atoms with Gasteiger partial charge in [-0.1, -0.05) is 34.1 Å². The molecule has 1 heterocycles. The number of benzene rings is 1. The molecule has 2 rings (SSSR count). The molecular formula is C15H16BrNO. The van der Waals surface area contributed by atoms with Crippen LogP contribution in [-0.2, 0) is 6.42 Å². The smallest absolute Gasteiger partial charge is 0.0848 e. The van der Waals surface area contributed by atoms with Crippen LogP contribution in [0.2, 0.25) is 0 Å². The number of aryl methyl sites for hydroxylation is 1. The van der Waals surface area contributed by atoms with E-state index in [1.807, 2.05) is 50.4 Å². The molecule has 1 aromatic carbocycles. The van der Waals surface area contributed by atoms with Crippen molar-refractivity contribution in [3.63, 3.8) is 0 Å². The van der Waals surface area contributed by atoms with Crippen LogP contribution in [0.1, 0.15) is 28.5 Å². The van der Waals surface area contributed by atoms with Gasteiger partial charge in [-0.3, -0.25) is 4.98 Å². The van der Waals surface area contributed by atoms with Crippen molar-refractivity contribution >= 4 is 15.9 Å². The SMILES string of the molecule is Cc1ccc(CC(O)c2cccc(Br)c2C)nc1. The molecule has 18 heavy (non-hydrogen) atoms. The number of hydrogen-bond donors (Lipinski definition) is 1.